The first-order chi connectivity index (χ1) is 11.5. The number of rotatable bonds is 5. The molecule has 126 valence electrons. The summed E-state index contributed by atoms with van der Waals surface area (Å²) in [5.41, 5.74) is 1.68. The predicted molar refractivity (Wildman–Crippen MR) is 97.2 cm³/mol. The lowest BCUT2D eigenvalue weighted by Gasteiger charge is -2.18. The number of carbonyl (C=O) groups excluding carboxylic acids is 1. The van der Waals surface area contributed by atoms with E-state index in [9.17, 15) is 4.79 Å². The van der Waals surface area contributed by atoms with Crippen LogP contribution < -0.4 is 14.8 Å². The second-order valence-corrected chi connectivity index (χ2v) is 7.17. The highest BCUT2D eigenvalue weighted by Crippen LogP contribution is 2.41. The molecule has 0 aliphatic carbocycles. The topological polar surface area (TPSA) is 47.6 Å². The molecule has 5 heteroatoms. The average Bonchev–Trinajstić information content (AvgIpc) is 2.87. The quantitative estimate of drug-likeness (QED) is 0.829. The van der Waals surface area contributed by atoms with Gasteiger partial charge in [-0.05, 0) is 38.3 Å². The minimum atomic E-state index is -0.235. The van der Waals surface area contributed by atoms with Crippen molar-refractivity contribution in [3.8, 4) is 11.5 Å². The third-order valence-corrected chi connectivity index (χ3v) is 4.59. The fourth-order valence-corrected chi connectivity index (χ4v) is 3.33. The number of anilines is 1. The van der Waals surface area contributed by atoms with E-state index >= 15 is 0 Å². The number of hydrogen-bond acceptors (Lipinski definition) is 4. The molecule has 24 heavy (non-hydrogen) atoms. The van der Waals surface area contributed by atoms with Gasteiger partial charge >= 0.3 is 0 Å². The molecule has 2 aromatic rings. The molecule has 1 aliphatic rings. The first-order valence-corrected chi connectivity index (χ1v) is 9.07. The molecule has 0 fully saturated rings. The number of nitrogens with one attached hydrogen (secondary N) is 1. The summed E-state index contributed by atoms with van der Waals surface area (Å²) >= 11 is 1.59. The van der Waals surface area contributed by atoms with Gasteiger partial charge in [0.05, 0.1) is 5.69 Å². The van der Waals surface area contributed by atoms with E-state index in [0.717, 1.165) is 28.3 Å². The van der Waals surface area contributed by atoms with Gasteiger partial charge in [-0.3, -0.25) is 4.79 Å². The van der Waals surface area contributed by atoms with Gasteiger partial charge in [-0.1, -0.05) is 24.3 Å². The molecule has 4 nitrogen and oxygen atoms in total. The van der Waals surface area contributed by atoms with Crippen molar-refractivity contribution in [1.82, 2.24) is 0 Å². The van der Waals surface area contributed by atoms with Crippen LogP contribution in [0.15, 0.2) is 47.4 Å². The van der Waals surface area contributed by atoms with Gasteiger partial charge in [0.1, 0.15) is 5.60 Å². The van der Waals surface area contributed by atoms with Crippen molar-refractivity contribution >= 4 is 23.4 Å². The third-order valence-electron chi connectivity index (χ3n) is 3.79. The summed E-state index contributed by atoms with van der Waals surface area (Å²) in [6, 6.07) is 13.5. The van der Waals surface area contributed by atoms with Crippen LogP contribution in [0.1, 0.15) is 19.4 Å². The monoisotopic (exact) mass is 343 g/mol. The highest BCUT2D eigenvalue weighted by molar-refractivity contribution is 7.98. The molecule has 0 spiro atoms. The summed E-state index contributed by atoms with van der Waals surface area (Å²) in [6.45, 7) is 4.04. The minimum Gasteiger partial charge on any atom is -0.483 e. The van der Waals surface area contributed by atoms with E-state index in [1.807, 2.05) is 62.6 Å². The summed E-state index contributed by atoms with van der Waals surface area (Å²) in [4.78, 5) is 13.2. The number of hydrogen-bond donors (Lipinski definition) is 1. The van der Waals surface area contributed by atoms with Crippen LogP contribution in [0.4, 0.5) is 5.69 Å². The molecule has 0 saturated heterocycles. The molecular formula is C19H21NO3S. The van der Waals surface area contributed by atoms with Gasteiger partial charge in [0, 0.05) is 16.9 Å². The van der Waals surface area contributed by atoms with Gasteiger partial charge in [-0.25, -0.2) is 0 Å². The minimum absolute atomic E-state index is 0.0526. The van der Waals surface area contributed by atoms with Crippen LogP contribution in [-0.2, 0) is 11.2 Å². The summed E-state index contributed by atoms with van der Waals surface area (Å²) in [7, 11) is 0. The van der Waals surface area contributed by atoms with E-state index in [0.29, 0.717) is 5.75 Å². The molecule has 3 rings (SSSR count). The average molecular weight is 343 g/mol. The third kappa shape index (κ3) is 3.67. The Bertz CT molecular complexity index is 758. The number of thioether (sulfide) groups is 1. The summed E-state index contributed by atoms with van der Waals surface area (Å²) in [6.07, 6.45) is 2.82. The van der Waals surface area contributed by atoms with Crippen molar-refractivity contribution in [3.63, 3.8) is 0 Å². The van der Waals surface area contributed by atoms with Crippen molar-refractivity contribution in [2.45, 2.75) is 30.8 Å². The lowest BCUT2D eigenvalue weighted by atomic mass is 10.0. The zero-order valence-corrected chi connectivity index (χ0v) is 14.9. The van der Waals surface area contributed by atoms with E-state index < -0.39 is 0 Å². The standard InChI is InChI=1S/C19H21NO3S/c1-19(2)11-13-7-6-9-15(18(13)23-19)22-12-17(21)20-14-8-4-5-10-16(14)24-3/h4-10H,11-12H2,1-3H3,(H,20,21). The van der Waals surface area contributed by atoms with Gasteiger partial charge in [0.15, 0.2) is 18.1 Å². The predicted octanol–water partition coefficient (Wildman–Crippen LogP) is 4.14. The van der Waals surface area contributed by atoms with Crippen LogP contribution in [0.3, 0.4) is 0 Å². The summed E-state index contributed by atoms with van der Waals surface area (Å²) in [5.74, 6) is 1.18. The van der Waals surface area contributed by atoms with Crippen LogP contribution in [0.2, 0.25) is 0 Å². The highest BCUT2D eigenvalue weighted by atomic mass is 32.2. The lowest BCUT2D eigenvalue weighted by molar-refractivity contribution is -0.118. The largest absolute Gasteiger partial charge is 0.483 e. The lowest BCUT2D eigenvalue weighted by Crippen LogP contribution is -2.25. The fraction of sp³-hybridized carbons (Fsp3) is 0.316. The van der Waals surface area contributed by atoms with Crippen molar-refractivity contribution < 1.29 is 14.3 Å². The van der Waals surface area contributed by atoms with Crippen LogP contribution in [-0.4, -0.2) is 24.4 Å². The van der Waals surface area contributed by atoms with Crippen LogP contribution in [0, 0.1) is 0 Å². The number of carbonyl (C=O) groups is 1. The molecule has 0 radical (unpaired) electrons. The Labute approximate surface area is 146 Å². The molecular weight excluding hydrogens is 322 g/mol. The van der Waals surface area contributed by atoms with E-state index in [4.69, 9.17) is 9.47 Å². The van der Waals surface area contributed by atoms with E-state index in [1.54, 1.807) is 11.8 Å². The Morgan fingerprint density at radius 2 is 2.04 bits per heavy atom. The number of para-hydroxylation sites is 2. The first kappa shape index (κ1) is 16.7. The molecule has 2 aromatic carbocycles. The molecule has 0 aromatic heterocycles. The van der Waals surface area contributed by atoms with E-state index in [-0.39, 0.29) is 18.1 Å². The highest BCUT2D eigenvalue weighted by Gasteiger charge is 2.32. The molecule has 1 N–H and O–H groups in total. The molecule has 1 aliphatic heterocycles. The van der Waals surface area contributed by atoms with Crippen molar-refractivity contribution in [3.05, 3.63) is 48.0 Å². The Morgan fingerprint density at radius 3 is 2.83 bits per heavy atom. The normalized spacial score (nSPS) is 14.6. The van der Waals surface area contributed by atoms with Crippen LogP contribution in [0.25, 0.3) is 0 Å². The maximum atomic E-state index is 12.2. The maximum Gasteiger partial charge on any atom is 0.262 e. The smallest absolute Gasteiger partial charge is 0.262 e. The van der Waals surface area contributed by atoms with Crippen molar-refractivity contribution in [2.75, 3.05) is 18.2 Å². The first-order valence-electron chi connectivity index (χ1n) is 7.85. The van der Waals surface area contributed by atoms with Crippen LogP contribution >= 0.6 is 11.8 Å². The number of fused-ring (bicyclic) bond motifs is 1. The van der Waals surface area contributed by atoms with Gasteiger partial charge in [0.25, 0.3) is 5.91 Å². The Morgan fingerprint density at radius 1 is 1.25 bits per heavy atom. The SMILES string of the molecule is CSc1ccccc1NC(=O)COc1cccc2c1OC(C)(C)C2. The molecule has 0 saturated carbocycles. The second kappa shape index (κ2) is 6.77. The van der Waals surface area contributed by atoms with Crippen molar-refractivity contribution in [1.29, 1.82) is 0 Å². The number of amides is 1. The second-order valence-electron chi connectivity index (χ2n) is 6.32. The van der Waals surface area contributed by atoms with Crippen molar-refractivity contribution in [2.24, 2.45) is 0 Å². The molecule has 0 atom stereocenters. The Hall–Kier alpha value is -2.14. The van der Waals surface area contributed by atoms with Gasteiger partial charge in [0.2, 0.25) is 0 Å². The number of ether oxygens (including phenoxy) is 2. The molecule has 0 unspecified atom stereocenters. The van der Waals surface area contributed by atoms with E-state index in [2.05, 4.69) is 5.32 Å². The zero-order valence-electron chi connectivity index (χ0n) is 14.1. The molecule has 1 amide bonds. The van der Waals surface area contributed by atoms with Gasteiger partial charge in [-0.2, -0.15) is 0 Å². The zero-order chi connectivity index (χ0) is 17.2. The number of benzene rings is 2. The Kier molecular flexibility index (Phi) is 4.71. The van der Waals surface area contributed by atoms with Crippen LogP contribution in [0.5, 0.6) is 11.5 Å². The molecule has 0 bridgehead atoms. The summed E-state index contributed by atoms with van der Waals surface area (Å²) < 4.78 is 11.7. The fourth-order valence-electron chi connectivity index (χ4n) is 2.78. The maximum absolute atomic E-state index is 12.2. The summed E-state index contributed by atoms with van der Waals surface area (Å²) in [5, 5.41) is 2.89. The van der Waals surface area contributed by atoms with Gasteiger partial charge in [-0.15, -0.1) is 11.8 Å². The van der Waals surface area contributed by atoms with Gasteiger partial charge < -0.3 is 14.8 Å². The molecule has 1 heterocycles. The Balaban J connectivity index is 1.65. The van der Waals surface area contributed by atoms with E-state index in [1.165, 1.54) is 0 Å².